The van der Waals surface area contributed by atoms with Crippen LogP contribution in [0.2, 0.25) is 5.02 Å². The van der Waals surface area contributed by atoms with Crippen LogP contribution in [0.3, 0.4) is 0 Å². The highest BCUT2D eigenvalue weighted by atomic mass is 79.9. The standard InChI is InChI=1S/C17H19BrClNO/c1-3-9-20-17(12-5-4-6-14(18)10-12)13-7-8-16(21-2)15(19)11-13/h4-8,10-11,17,20H,3,9H2,1-2H3. The lowest BCUT2D eigenvalue weighted by atomic mass is 9.98. The molecule has 0 heterocycles. The Hall–Kier alpha value is -1.03. The highest BCUT2D eigenvalue weighted by Gasteiger charge is 2.15. The number of benzene rings is 2. The van der Waals surface area contributed by atoms with Crippen LogP contribution in [0, 0.1) is 0 Å². The molecule has 0 bridgehead atoms. The average molecular weight is 369 g/mol. The van der Waals surface area contributed by atoms with Crippen molar-refractivity contribution in [1.29, 1.82) is 0 Å². The lowest BCUT2D eigenvalue weighted by Gasteiger charge is -2.20. The summed E-state index contributed by atoms with van der Waals surface area (Å²) >= 11 is 9.80. The molecular weight excluding hydrogens is 350 g/mol. The van der Waals surface area contributed by atoms with Crippen molar-refractivity contribution in [1.82, 2.24) is 5.32 Å². The molecule has 21 heavy (non-hydrogen) atoms. The van der Waals surface area contributed by atoms with E-state index >= 15 is 0 Å². The molecule has 0 radical (unpaired) electrons. The normalized spacial score (nSPS) is 12.2. The van der Waals surface area contributed by atoms with Gasteiger partial charge in [-0.1, -0.05) is 52.7 Å². The highest BCUT2D eigenvalue weighted by molar-refractivity contribution is 9.10. The van der Waals surface area contributed by atoms with Gasteiger partial charge in [-0.15, -0.1) is 0 Å². The maximum absolute atomic E-state index is 6.26. The van der Waals surface area contributed by atoms with Gasteiger partial charge in [-0.05, 0) is 48.4 Å². The number of hydrogen-bond donors (Lipinski definition) is 1. The van der Waals surface area contributed by atoms with E-state index in [-0.39, 0.29) is 6.04 Å². The minimum atomic E-state index is 0.117. The molecule has 0 aliphatic rings. The monoisotopic (exact) mass is 367 g/mol. The van der Waals surface area contributed by atoms with Crippen molar-refractivity contribution in [3.63, 3.8) is 0 Å². The van der Waals surface area contributed by atoms with Crippen molar-refractivity contribution >= 4 is 27.5 Å². The number of methoxy groups -OCH3 is 1. The number of nitrogens with one attached hydrogen (secondary N) is 1. The lowest BCUT2D eigenvalue weighted by molar-refractivity contribution is 0.414. The molecule has 1 atom stereocenters. The van der Waals surface area contributed by atoms with Crippen molar-refractivity contribution in [3.05, 3.63) is 63.1 Å². The second-order valence-corrected chi connectivity index (χ2v) is 6.16. The molecule has 2 aromatic rings. The number of ether oxygens (including phenoxy) is 1. The average Bonchev–Trinajstić information content (AvgIpc) is 2.48. The van der Waals surface area contributed by atoms with Crippen molar-refractivity contribution in [2.75, 3.05) is 13.7 Å². The van der Waals surface area contributed by atoms with Gasteiger partial charge in [0.15, 0.2) is 0 Å². The predicted octanol–water partition coefficient (Wildman–Crippen LogP) is 5.20. The van der Waals surface area contributed by atoms with E-state index in [9.17, 15) is 0 Å². The van der Waals surface area contributed by atoms with E-state index < -0.39 is 0 Å². The van der Waals surface area contributed by atoms with Gasteiger partial charge in [0.25, 0.3) is 0 Å². The molecule has 112 valence electrons. The third-order valence-corrected chi connectivity index (χ3v) is 4.08. The van der Waals surface area contributed by atoms with Gasteiger partial charge in [-0.3, -0.25) is 0 Å². The third kappa shape index (κ3) is 4.22. The topological polar surface area (TPSA) is 21.3 Å². The number of halogens is 2. The minimum absolute atomic E-state index is 0.117. The zero-order valence-corrected chi connectivity index (χ0v) is 14.5. The van der Waals surface area contributed by atoms with Gasteiger partial charge in [-0.2, -0.15) is 0 Å². The first-order chi connectivity index (χ1) is 10.2. The van der Waals surface area contributed by atoms with Crippen LogP contribution in [0.1, 0.15) is 30.5 Å². The van der Waals surface area contributed by atoms with Gasteiger partial charge in [0.1, 0.15) is 5.75 Å². The van der Waals surface area contributed by atoms with Gasteiger partial charge >= 0.3 is 0 Å². The molecule has 1 N–H and O–H groups in total. The Kier molecular flexibility index (Phi) is 6.09. The zero-order valence-electron chi connectivity index (χ0n) is 12.2. The molecule has 0 aromatic heterocycles. The number of rotatable bonds is 6. The van der Waals surface area contributed by atoms with E-state index in [4.69, 9.17) is 16.3 Å². The minimum Gasteiger partial charge on any atom is -0.495 e. The molecule has 0 spiro atoms. The fourth-order valence-electron chi connectivity index (χ4n) is 2.27. The fraction of sp³-hybridized carbons (Fsp3) is 0.294. The largest absolute Gasteiger partial charge is 0.495 e. The first kappa shape index (κ1) is 16.3. The van der Waals surface area contributed by atoms with E-state index in [1.165, 1.54) is 5.56 Å². The summed E-state index contributed by atoms with van der Waals surface area (Å²) in [6.07, 6.45) is 1.08. The van der Waals surface area contributed by atoms with E-state index in [2.05, 4.69) is 46.4 Å². The van der Waals surface area contributed by atoms with Crippen LogP contribution in [-0.4, -0.2) is 13.7 Å². The summed E-state index contributed by atoms with van der Waals surface area (Å²) in [6, 6.07) is 14.4. The van der Waals surface area contributed by atoms with Crippen molar-refractivity contribution in [2.24, 2.45) is 0 Å². The molecule has 0 fully saturated rings. The Bertz CT molecular complexity index is 603. The summed E-state index contributed by atoms with van der Waals surface area (Å²) in [5.41, 5.74) is 2.34. The summed E-state index contributed by atoms with van der Waals surface area (Å²) in [4.78, 5) is 0. The Morgan fingerprint density at radius 1 is 1.19 bits per heavy atom. The maximum Gasteiger partial charge on any atom is 0.137 e. The van der Waals surface area contributed by atoms with Crippen LogP contribution in [0.25, 0.3) is 0 Å². The smallest absolute Gasteiger partial charge is 0.137 e. The lowest BCUT2D eigenvalue weighted by Crippen LogP contribution is -2.23. The quantitative estimate of drug-likeness (QED) is 0.756. The van der Waals surface area contributed by atoms with E-state index in [1.807, 2.05) is 24.3 Å². The third-order valence-electron chi connectivity index (χ3n) is 3.29. The van der Waals surface area contributed by atoms with Gasteiger partial charge in [-0.25, -0.2) is 0 Å². The molecule has 0 saturated carbocycles. The molecule has 0 aliphatic heterocycles. The second-order valence-electron chi connectivity index (χ2n) is 4.84. The molecule has 2 aromatic carbocycles. The van der Waals surface area contributed by atoms with Gasteiger partial charge in [0.05, 0.1) is 18.2 Å². The van der Waals surface area contributed by atoms with Crippen molar-refractivity contribution in [3.8, 4) is 5.75 Å². The van der Waals surface area contributed by atoms with Crippen LogP contribution >= 0.6 is 27.5 Å². The number of hydrogen-bond acceptors (Lipinski definition) is 2. The summed E-state index contributed by atoms with van der Waals surface area (Å²) < 4.78 is 6.30. The summed E-state index contributed by atoms with van der Waals surface area (Å²) in [5, 5.41) is 4.21. The molecule has 1 unspecified atom stereocenters. The van der Waals surface area contributed by atoms with Gasteiger partial charge < -0.3 is 10.1 Å². The summed E-state index contributed by atoms with van der Waals surface area (Å²) in [7, 11) is 1.63. The van der Waals surface area contributed by atoms with Gasteiger partial charge in [0.2, 0.25) is 0 Å². The van der Waals surface area contributed by atoms with Gasteiger partial charge in [0, 0.05) is 4.47 Å². The Morgan fingerprint density at radius 3 is 2.57 bits per heavy atom. The predicted molar refractivity (Wildman–Crippen MR) is 92.3 cm³/mol. The maximum atomic E-state index is 6.26. The van der Waals surface area contributed by atoms with E-state index in [0.717, 1.165) is 23.0 Å². The summed E-state index contributed by atoms with van der Waals surface area (Å²) in [6.45, 7) is 3.10. The molecule has 0 aliphatic carbocycles. The van der Waals surface area contributed by atoms with Crippen molar-refractivity contribution in [2.45, 2.75) is 19.4 Å². The fourth-order valence-corrected chi connectivity index (χ4v) is 2.95. The van der Waals surface area contributed by atoms with Crippen LogP contribution in [0.5, 0.6) is 5.75 Å². The van der Waals surface area contributed by atoms with Crippen LogP contribution in [-0.2, 0) is 0 Å². The molecule has 2 rings (SSSR count). The molecule has 0 amide bonds. The van der Waals surface area contributed by atoms with E-state index in [1.54, 1.807) is 7.11 Å². The van der Waals surface area contributed by atoms with Crippen LogP contribution in [0.4, 0.5) is 0 Å². The SMILES string of the molecule is CCCNC(c1cccc(Br)c1)c1ccc(OC)c(Cl)c1. The Morgan fingerprint density at radius 2 is 1.95 bits per heavy atom. The molecule has 0 saturated heterocycles. The highest BCUT2D eigenvalue weighted by Crippen LogP contribution is 2.31. The molecular formula is C17H19BrClNO. The van der Waals surface area contributed by atoms with E-state index in [0.29, 0.717) is 10.8 Å². The first-order valence-corrected chi connectivity index (χ1v) is 8.15. The molecule has 4 heteroatoms. The first-order valence-electron chi connectivity index (χ1n) is 6.98. The van der Waals surface area contributed by atoms with Crippen molar-refractivity contribution < 1.29 is 4.74 Å². The van der Waals surface area contributed by atoms with Crippen LogP contribution in [0.15, 0.2) is 46.9 Å². The Balaban J connectivity index is 2.37. The summed E-state index contributed by atoms with van der Waals surface area (Å²) in [5.74, 6) is 0.698. The second kappa shape index (κ2) is 7.83. The Labute approximate surface area is 139 Å². The molecule has 2 nitrogen and oxygen atoms in total. The van der Waals surface area contributed by atoms with Crippen LogP contribution < -0.4 is 10.1 Å². The zero-order chi connectivity index (χ0) is 15.2.